The van der Waals surface area contributed by atoms with Gasteiger partial charge in [0, 0.05) is 33.1 Å². The zero-order valence-electron chi connectivity index (χ0n) is 32.9. The van der Waals surface area contributed by atoms with Crippen LogP contribution in [0.4, 0.5) is 0 Å². The van der Waals surface area contributed by atoms with Crippen molar-refractivity contribution in [1.29, 1.82) is 0 Å². The number of rotatable bonds is 6. The summed E-state index contributed by atoms with van der Waals surface area (Å²) < 4.78 is 6.48. The van der Waals surface area contributed by atoms with Crippen molar-refractivity contribution in [2.45, 2.75) is 50.9 Å². The Hall–Kier alpha value is -6.44. The molecule has 0 saturated heterocycles. The summed E-state index contributed by atoms with van der Waals surface area (Å²) in [6.07, 6.45) is 0.906. The maximum atomic E-state index is 6.48. The van der Waals surface area contributed by atoms with Crippen molar-refractivity contribution in [2.24, 2.45) is 0 Å². The molecule has 2 aliphatic carbocycles. The lowest BCUT2D eigenvalue weighted by atomic mass is 9.78. The normalized spacial score (nSPS) is 14.9. The summed E-state index contributed by atoms with van der Waals surface area (Å²) in [5, 5.41) is 2.32. The van der Waals surface area contributed by atoms with Crippen LogP contribution in [0, 0.1) is 0 Å². The zero-order valence-corrected chi connectivity index (χ0v) is 32.9. The summed E-state index contributed by atoms with van der Waals surface area (Å²) in [5.74, 6) is 0.180. The fourth-order valence-electron chi connectivity index (χ4n) is 10.2. The predicted octanol–water partition coefficient (Wildman–Crippen LogP) is 14.9. The topological polar surface area (TPSA) is 13.1 Å². The number of hydrogen-bond donors (Lipinski definition) is 0. The lowest BCUT2D eigenvalue weighted by Crippen LogP contribution is -2.16. The van der Waals surface area contributed by atoms with Crippen LogP contribution in [0.15, 0.2) is 180 Å². The van der Waals surface area contributed by atoms with E-state index in [0.717, 1.165) is 33.9 Å². The van der Waals surface area contributed by atoms with Gasteiger partial charge in [-0.15, -0.1) is 0 Å². The molecule has 1 heterocycles. The SMILES string of the molecule is CC1(C)c2ccc(-c3cccc4c3oc3ccccc34)cc2-c2ccc(CC(c3cccc(-c4ccccc4)c3)c3ccc4c(c3)C(C)(C)c3ccccc3-4)cc21. The third kappa shape index (κ3) is 5.22. The molecule has 0 saturated carbocycles. The smallest absolute Gasteiger partial charge is 0.143 e. The quantitative estimate of drug-likeness (QED) is 0.166. The van der Waals surface area contributed by atoms with Crippen molar-refractivity contribution in [1.82, 2.24) is 0 Å². The van der Waals surface area contributed by atoms with Crippen LogP contribution in [0.5, 0.6) is 0 Å². The van der Waals surface area contributed by atoms with Gasteiger partial charge < -0.3 is 4.42 Å². The number of fused-ring (bicyclic) bond motifs is 9. The number of para-hydroxylation sites is 2. The largest absolute Gasteiger partial charge is 0.455 e. The first-order valence-electron chi connectivity index (χ1n) is 20.3. The third-order valence-electron chi connectivity index (χ3n) is 13.3. The van der Waals surface area contributed by atoms with E-state index in [2.05, 4.69) is 198 Å². The lowest BCUT2D eigenvalue weighted by Gasteiger charge is -2.25. The van der Waals surface area contributed by atoms with E-state index < -0.39 is 0 Å². The average molecular weight is 733 g/mol. The van der Waals surface area contributed by atoms with Gasteiger partial charge in [0.2, 0.25) is 0 Å². The summed E-state index contributed by atoms with van der Waals surface area (Å²) in [6, 6.07) is 65.5. The number of hydrogen-bond acceptors (Lipinski definition) is 1. The minimum atomic E-state index is -0.128. The van der Waals surface area contributed by atoms with E-state index in [4.69, 9.17) is 4.42 Å². The van der Waals surface area contributed by atoms with E-state index in [0.29, 0.717) is 0 Å². The molecule has 274 valence electrons. The summed E-state index contributed by atoms with van der Waals surface area (Å²) in [5.41, 5.74) is 21.6. The van der Waals surface area contributed by atoms with E-state index >= 15 is 0 Å². The van der Waals surface area contributed by atoms with Gasteiger partial charge in [-0.3, -0.25) is 0 Å². The molecule has 9 aromatic rings. The average Bonchev–Trinajstić information content (AvgIpc) is 3.82. The van der Waals surface area contributed by atoms with Gasteiger partial charge in [-0.25, -0.2) is 0 Å². The Balaban J connectivity index is 1.00. The Kier molecular flexibility index (Phi) is 7.45. The Morgan fingerprint density at radius 1 is 0.404 bits per heavy atom. The van der Waals surface area contributed by atoms with Crippen LogP contribution < -0.4 is 0 Å². The van der Waals surface area contributed by atoms with Crippen LogP contribution in [0.25, 0.3) is 66.4 Å². The van der Waals surface area contributed by atoms with Gasteiger partial charge in [0.25, 0.3) is 0 Å². The lowest BCUT2D eigenvalue weighted by molar-refractivity contribution is 0.655. The molecule has 0 bridgehead atoms. The highest BCUT2D eigenvalue weighted by Crippen LogP contribution is 2.52. The van der Waals surface area contributed by atoms with Crippen LogP contribution in [0.1, 0.15) is 72.6 Å². The van der Waals surface area contributed by atoms with Crippen molar-refractivity contribution in [3.8, 4) is 44.5 Å². The van der Waals surface area contributed by atoms with Crippen molar-refractivity contribution in [3.05, 3.63) is 215 Å². The van der Waals surface area contributed by atoms with Gasteiger partial charge in [0.15, 0.2) is 0 Å². The minimum absolute atomic E-state index is 0.0590. The fraction of sp³-hybridized carbons (Fsp3) is 0.143. The monoisotopic (exact) mass is 732 g/mol. The maximum absolute atomic E-state index is 6.48. The number of benzene rings is 8. The first-order chi connectivity index (χ1) is 27.8. The van der Waals surface area contributed by atoms with Crippen LogP contribution in [-0.4, -0.2) is 0 Å². The first kappa shape index (κ1) is 33.9. The first-order valence-corrected chi connectivity index (χ1v) is 20.3. The summed E-state index contributed by atoms with van der Waals surface area (Å²) >= 11 is 0. The van der Waals surface area contributed by atoms with Crippen LogP contribution >= 0.6 is 0 Å². The molecule has 8 aromatic carbocycles. The van der Waals surface area contributed by atoms with Gasteiger partial charge in [-0.05, 0) is 96.4 Å². The molecule has 0 fully saturated rings. The van der Waals surface area contributed by atoms with Crippen LogP contribution in [0.2, 0.25) is 0 Å². The molecule has 2 aliphatic rings. The van der Waals surface area contributed by atoms with E-state index in [1.807, 2.05) is 6.07 Å². The molecule has 0 N–H and O–H groups in total. The van der Waals surface area contributed by atoms with Crippen molar-refractivity contribution < 1.29 is 4.42 Å². The molecule has 0 amide bonds. The minimum Gasteiger partial charge on any atom is -0.455 e. The van der Waals surface area contributed by atoms with Crippen molar-refractivity contribution in [2.75, 3.05) is 0 Å². The Bertz CT molecular complexity index is 3050. The van der Waals surface area contributed by atoms with E-state index in [9.17, 15) is 0 Å². The van der Waals surface area contributed by atoms with Crippen LogP contribution in [-0.2, 0) is 17.3 Å². The molecule has 0 radical (unpaired) electrons. The fourth-order valence-corrected chi connectivity index (χ4v) is 10.2. The van der Waals surface area contributed by atoms with Gasteiger partial charge in [0.1, 0.15) is 11.2 Å². The van der Waals surface area contributed by atoms with Gasteiger partial charge in [-0.1, -0.05) is 191 Å². The summed E-state index contributed by atoms with van der Waals surface area (Å²) in [4.78, 5) is 0. The molecular weight excluding hydrogens is 689 g/mol. The van der Waals surface area contributed by atoms with E-state index in [1.165, 1.54) is 77.9 Å². The molecule has 11 rings (SSSR count). The van der Waals surface area contributed by atoms with Gasteiger partial charge in [0.05, 0.1) is 0 Å². The summed E-state index contributed by atoms with van der Waals surface area (Å²) in [6.45, 7) is 9.55. The molecule has 0 spiro atoms. The molecule has 1 atom stereocenters. The van der Waals surface area contributed by atoms with E-state index in [-0.39, 0.29) is 16.7 Å². The second kappa shape index (κ2) is 12.5. The molecular formula is C56H44O. The molecule has 1 unspecified atom stereocenters. The maximum Gasteiger partial charge on any atom is 0.143 e. The Morgan fingerprint density at radius 3 is 1.91 bits per heavy atom. The van der Waals surface area contributed by atoms with Crippen molar-refractivity contribution >= 4 is 21.9 Å². The highest BCUT2D eigenvalue weighted by atomic mass is 16.3. The number of furan rings is 1. The van der Waals surface area contributed by atoms with Gasteiger partial charge in [-0.2, -0.15) is 0 Å². The highest BCUT2D eigenvalue weighted by molar-refractivity contribution is 6.09. The zero-order chi connectivity index (χ0) is 38.5. The molecule has 1 nitrogen and oxygen atoms in total. The van der Waals surface area contributed by atoms with Crippen LogP contribution in [0.3, 0.4) is 0 Å². The molecule has 1 aromatic heterocycles. The van der Waals surface area contributed by atoms with E-state index in [1.54, 1.807) is 0 Å². The van der Waals surface area contributed by atoms with Gasteiger partial charge >= 0.3 is 0 Å². The second-order valence-electron chi connectivity index (χ2n) is 17.3. The standard InChI is InChI=1S/C56H44O/c1-55(2)49-22-10-8-18-42(49)43-28-25-40(34-52(43)55)47(38-17-12-16-37(32-38)36-14-6-5-7-15-36)30-35-24-27-44-48-33-39(26-29-50(48)56(3,4)51(44)31-35)41-20-13-21-46-45-19-9-11-23-53(45)57-54(41)46/h5-29,31-34,47H,30H2,1-4H3. The molecule has 1 heteroatoms. The van der Waals surface area contributed by atoms with Crippen molar-refractivity contribution in [3.63, 3.8) is 0 Å². The Morgan fingerprint density at radius 2 is 1.04 bits per heavy atom. The molecule has 0 aliphatic heterocycles. The second-order valence-corrected chi connectivity index (χ2v) is 17.3. The Labute approximate surface area is 335 Å². The molecule has 57 heavy (non-hydrogen) atoms. The third-order valence-corrected chi connectivity index (χ3v) is 13.3. The predicted molar refractivity (Wildman–Crippen MR) is 238 cm³/mol. The summed E-state index contributed by atoms with van der Waals surface area (Å²) in [7, 11) is 0. The highest BCUT2D eigenvalue weighted by Gasteiger charge is 2.37.